The Morgan fingerprint density at radius 2 is 1.88 bits per heavy atom. The van der Waals surface area contributed by atoms with Crippen LogP contribution in [0.5, 0.6) is 5.75 Å². The number of fused-ring (bicyclic) bond motifs is 1. The molecule has 0 aliphatic rings. The number of halogens is 2. The molecular formula is C32H32ClFN4O2S. The summed E-state index contributed by atoms with van der Waals surface area (Å²) in [5, 5.41) is 4.65. The number of hydrogen-bond acceptors (Lipinski definition) is 7. The Labute approximate surface area is 248 Å². The van der Waals surface area contributed by atoms with Gasteiger partial charge < -0.3 is 14.5 Å². The molecule has 0 aliphatic carbocycles. The van der Waals surface area contributed by atoms with E-state index in [1.54, 1.807) is 24.3 Å². The average molecular weight is 591 g/mol. The van der Waals surface area contributed by atoms with Crippen molar-refractivity contribution in [1.82, 2.24) is 14.9 Å². The molecule has 1 N–H and O–H groups in total. The van der Waals surface area contributed by atoms with Gasteiger partial charge >= 0.3 is 0 Å². The lowest BCUT2D eigenvalue weighted by atomic mass is 10.1. The summed E-state index contributed by atoms with van der Waals surface area (Å²) in [6, 6.07) is 22.1. The van der Waals surface area contributed by atoms with Gasteiger partial charge in [0.25, 0.3) is 0 Å². The predicted octanol–water partition coefficient (Wildman–Crippen LogP) is 8.75. The fourth-order valence-corrected chi connectivity index (χ4v) is 5.73. The van der Waals surface area contributed by atoms with Gasteiger partial charge in [0.1, 0.15) is 41.8 Å². The summed E-state index contributed by atoms with van der Waals surface area (Å²) in [4.78, 5) is 11.4. The molecule has 2 aromatic heterocycles. The van der Waals surface area contributed by atoms with Crippen molar-refractivity contribution in [2.45, 2.75) is 26.5 Å². The number of benzene rings is 3. The van der Waals surface area contributed by atoms with Crippen LogP contribution in [0.25, 0.3) is 22.2 Å². The number of ether oxygens (including phenoxy) is 1. The number of nitrogens with zero attached hydrogens (tertiary/aromatic N) is 3. The molecule has 0 radical (unpaired) electrons. The first-order chi connectivity index (χ1) is 20.0. The molecule has 0 unspecified atom stereocenters. The summed E-state index contributed by atoms with van der Waals surface area (Å²) < 4.78 is 25.7. The van der Waals surface area contributed by atoms with Crippen molar-refractivity contribution in [1.29, 1.82) is 0 Å². The van der Waals surface area contributed by atoms with E-state index in [0.717, 1.165) is 58.1 Å². The van der Waals surface area contributed by atoms with Crippen molar-refractivity contribution in [3.8, 4) is 17.1 Å². The third kappa shape index (κ3) is 6.84. The molecule has 5 rings (SSSR count). The minimum atomic E-state index is -0.302. The zero-order chi connectivity index (χ0) is 28.8. The second kappa shape index (κ2) is 13.4. The first-order valence-electron chi connectivity index (χ1n) is 13.5. The van der Waals surface area contributed by atoms with E-state index in [1.165, 1.54) is 18.5 Å². The second-order valence-electron chi connectivity index (χ2n) is 9.54. The van der Waals surface area contributed by atoms with Crippen molar-refractivity contribution in [2.24, 2.45) is 0 Å². The van der Waals surface area contributed by atoms with Crippen LogP contribution in [0.4, 0.5) is 15.9 Å². The number of anilines is 2. The van der Waals surface area contributed by atoms with Gasteiger partial charge in [-0.2, -0.15) is 11.8 Å². The van der Waals surface area contributed by atoms with Gasteiger partial charge in [-0.05, 0) is 85.6 Å². The van der Waals surface area contributed by atoms with Crippen molar-refractivity contribution in [3.05, 3.63) is 101 Å². The maximum absolute atomic E-state index is 13.5. The van der Waals surface area contributed by atoms with Crippen LogP contribution in [0, 0.1) is 5.82 Å². The normalized spacial score (nSPS) is 12.1. The summed E-state index contributed by atoms with van der Waals surface area (Å²) in [7, 11) is 0. The summed E-state index contributed by atoms with van der Waals surface area (Å²) in [6.07, 6.45) is 3.66. The first kappa shape index (κ1) is 28.9. The fourth-order valence-electron chi connectivity index (χ4n) is 4.81. The minimum absolute atomic E-state index is 0.213. The highest BCUT2D eigenvalue weighted by Gasteiger charge is 2.21. The molecule has 0 saturated heterocycles. The van der Waals surface area contributed by atoms with Crippen LogP contribution in [-0.4, -0.2) is 40.0 Å². The average Bonchev–Trinajstić information content (AvgIpc) is 3.47. The van der Waals surface area contributed by atoms with E-state index in [0.29, 0.717) is 16.6 Å². The van der Waals surface area contributed by atoms with Crippen molar-refractivity contribution in [3.63, 3.8) is 0 Å². The van der Waals surface area contributed by atoms with Crippen LogP contribution in [0.2, 0.25) is 5.02 Å². The third-order valence-corrected chi connectivity index (χ3v) is 7.88. The largest absolute Gasteiger partial charge is 0.487 e. The number of hydrogen-bond donors (Lipinski definition) is 1. The molecule has 9 heteroatoms. The highest BCUT2D eigenvalue weighted by atomic mass is 35.5. The number of furan rings is 1. The van der Waals surface area contributed by atoms with Gasteiger partial charge in [-0.1, -0.05) is 37.6 Å². The van der Waals surface area contributed by atoms with Crippen LogP contribution in [0.1, 0.15) is 31.2 Å². The third-order valence-electron chi connectivity index (χ3n) is 6.93. The van der Waals surface area contributed by atoms with E-state index in [2.05, 4.69) is 46.4 Å². The van der Waals surface area contributed by atoms with Gasteiger partial charge in [-0.25, -0.2) is 14.4 Å². The number of rotatable bonds is 12. The molecule has 0 fully saturated rings. The van der Waals surface area contributed by atoms with E-state index in [9.17, 15) is 4.39 Å². The lowest BCUT2D eigenvalue weighted by Gasteiger charge is -2.27. The lowest BCUT2D eigenvalue weighted by molar-refractivity contribution is 0.212. The molecule has 0 aliphatic heterocycles. The zero-order valence-corrected chi connectivity index (χ0v) is 24.8. The highest BCUT2D eigenvalue weighted by molar-refractivity contribution is 7.98. The Morgan fingerprint density at radius 3 is 2.63 bits per heavy atom. The van der Waals surface area contributed by atoms with Crippen LogP contribution in [0.15, 0.2) is 83.5 Å². The van der Waals surface area contributed by atoms with Crippen LogP contribution < -0.4 is 10.1 Å². The lowest BCUT2D eigenvalue weighted by Crippen LogP contribution is -2.29. The predicted molar refractivity (Wildman–Crippen MR) is 167 cm³/mol. The quantitative estimate of drug-likeness (QED) is 0.156. The fraction of sp³-hybridized carbons (Fsp3) is 0.250. The summed E-state index contributed by atoms with van der Waals surface area (Å²) in [5.74, 6) is 3.59. The maximum atomic E-state index is 13.5. The van der Waals surface area contributed by atoms with E-state index in [4.69, 9.17) is 20.8 Å². The first-order valence-corrected chi connectivity index (χ1v) is 15.3. The summed E-state index contributed by atoms with van der Waals surface area (Å²) in [6.45, 7) is 6.50. The Kier molecular flexibility index (Phi) is 9.44. The monoisotopic (exact) mass is 590 g/mol. The topological polar surface area (TPSA) is 63.4 Å². The Balaban J connectivity index is 1.37. The van der Waals surface area contributed by atoms with E-state index in [-0.39, 0.29) is 18.5 Å². The Bertz CT molecular complexity index is 1620. The van der Waals surface area contributed by atoms with E-state index >= 15 is 0 Å². The SMILES string of the molecule is CCN(CC)[C@@H](CSC)c1ccc(-c2ccc3ncnc(Nc4ccc(OCc5cccc(F)c5)c(Cl)c4)c3c2)o1. The van der Waals surface area contributed by atoms with E-state index < -0.39 is 0 Å². The maximum Gasteiger partial charge on any atom is 0.141 e. The molecular weight excluding hydrogens is 559 g/mol. The number of nitrogens with one attached hydrogen (secondary N) is 1. The molecule has 212 valence electrons. The van der Waals surface area contributed by atoms with Crippen LogP contribution >= 0.6 is 23.4 Å². The molecule has 0 amide bonds. The minimum Gasteiger partial charge on any atom is -0.487 e. The highest BCUT2D eigenvalue weighted by Crippen LogP contribution is 2.34. The van der Waals surface area contributed by atoms with Gasteiger partial charge in [-0.3, -0.25) is 4.90 Å². The van der Waals surface area contributed by atoms with Crippen molar-refractivity contribution in [2.75, 3.05) is 30.4 Å². The summed E-state index contributed by atoms with van der Waals surface area (Å²) >= 11 is 8.34. The zero-order valence-electron chi connectivity index (χ0n) is 23.2. The standard InChI is InChI=1S/C32H32ClFN4O2S/c1-4-38(5-2)28(19-41-3)31-14-13-29(40-31)22-9-11-27-25(16-22)32(36-20-35-27)37-24-10-12-30(26(33)17-24)39-18-21-7-6-8-23(34)15-21/h6-17,20,28H,4-5,18-19H2,1-3H3,(H,35,36,37)/t28-/m0/s1. The molecule has 2 heterocycles. The molecule has 5 aromatic rings. The molecule has 0 spiro atoms. The van der Waals surface area contributed by atoms with Crippen LogP contribution in [0.3, 0.4) is 0 Å². The molecule has 0 bridgehead atoms. The second-order valence-corrected chi connectivity index (χ2v) is 10.9. The summed E-state index contributed by atoms with van der Waals surface area (Å²) in [5.41, 5.74) is 3.23. The Hall–Kier alpha value is -3.59. The number of aromatic nitrogens is 2. The van der Waals surface area contributed by atoms with Gasteiger partial charge in [-0.15, -0.1) is 0 Å². The van der Waals surface area contributed by atoms with Gasteiger partial charge in [0, 0.05) is 22.4 Å². The van der Waals surface area contributed by atoms with Crippen molar-refractivity contribution >= 4 is 45.8 Å². The molecule has 6 nitrogen and oxygen atoms in total. The Morgan fingerprint density at radius 1 is 1.02 bits per heavy atom. The van der Waals surface area contributed by atoms with Gasteiger partial charge in [0.05, 0.1) is 16.6 Å². The molecule has 3 aromatic carbocycles. The molecule has 41 heavy (non-hydrogen) atoms. The van der Waals surface area contributed by atoms with E-state index in [1.807, 2.05) is 42.1 Å². The van der Waals surface area contributed by atoms with Gasteiger partial charge in [0.2, 0.25) is 0 Å². The number of thioether (sulfide) groups is 1. The van der Waals surface area contributed by atoms with Crippen molar-refractivity contribution < 1.29 is 13.5 Å². The molecule has 1 atom stereocenters. The van der Waals surface area contributed by atoms with Crippen LogP contribution in [-0.2, 0) is 6.61 Å². The molecule has 0 saturated carbocycles. The van der Waals surface area contributed by atoms with Gasteiger partial charge in [0.15, 0.2) is 0 Å². The smallest absolute Gasteiger partial charge is 0.141 e.